The fraction of sp³-hybridized carbons (Fsp3) is 0.167. The van der Waals surface area contributed by atoms with Crippen LogP contribution in [0.3, 0.4) is 0 Å². The zero-order valence-corrected chi connectivity index (χ0v) is 9.76. The van der Waals surface area contributed by atoms with Crippen LogP contribution in [0.15, 0.2) is 23.1 Å². The van der Waals surface area contributed by atoms with Crippen LogP contribution in [0.2, 0.25) is 0 Å². The lowest BCUT2D eigenvalue weighted by Gasteiger charge is -2.16. The minimum Gasteiger partial charge on any atom is -0.341 e. The Morgan fingerprint density at radius 1 is 1.59 bits per heavy atom. The van der Waals surface area contributed by atoms with Crippen molar-refractivity contribution in [2.45, 2.75) is 4.90 Å². The van der Waals surface area contributed by atoms with E-state index in [0.29, 0.717) is 17.0 Å². The topological polar surface area (TPSA) is 58.2 Å². The molecule has 4 nitrogen and oxygen atoms in total. The number of fused-ring (bicyclic) bond motifs is 1. The first-order valence-electron chi connectivity index (χ1n) is 4.99. The zero-order chi connectivity index (χ0) is 12.3. The van der Waals surface area contributed by atoms with Crippen molar-refractivity contribution < 1.29 is 9.59 Å². The van der Waals surface area contributed by atoms with Gasteiger partial charge >= 0.3 is 0 Å². The highest BCUT2D eigenvalue weighted by Crippen LogP contribution is 2.31. The molecule has 0 spiro atoms. The molecular formula is C12H10N2O2S. The summed E-state index contributed by atoms with van der Waals surface area (Å²) in [4.78, 5) is 23.8. The molecule has 2 rings (SSSR count). The molecule has 1 heterocycles. The van der Waals surface area contributed by atoms with Gasteiger partial charge in [-0.15, -0.1) is 18.2 Å². The summed E-state index contributed by atoms with van der Waals surface area (Å²) in [6.07, 6.45) is 5.06. The minimum absolute atomic E-state index is 0.0521. The molecule has 86 valence electrons. The van der Waals surface area contributed by atoms with Gasteiger partial charge in [0.1, 0.15) is 0 Å². The van der Waals surface area contributed by atoms with Crippen molar-refractivity contribution in [2.75, 3.05) is 17.6 Å². The minimum atomic E-state index is -0.240. The summed E-state index contributed by atoms with van der Waals surface area (Å²) in [5, 5.41) is 5.30. The van der Waals surface area contributed by atoms with Gasteiger partial charge in [0.2, 0.25) is 5.91 Å². The second-order valence-corrected chi connectivity index (χ2v) is 4.45. The molecule has 2 amide bonds. The number of anilines is 1. The standard InChI is InChI=1S/C12H10N2O2S/c1-2-5-13-12(16)8-3-4-10-9(6-8)14-11(15)7-17-10/h1,3-4,6H,5,7H2,(H,13,16)(H,14,15). The van der Waals surface area contributed by atoms with Gasteiger partial charge in [-0.25, -0.2) is 0 Å². The molecule has 1 aromatic rings. The van der Waals surface area contributed by atoms with E-state index in [1.807, 2.05) is 6.07 Å². The number of hydrogen-bond acceptors (Lipinski definition) is 3. The van der Waals surface area contributed by atoms with E-state index in [9.17, 15) is 9.59 Å². The second-order valence-electron chi connectivity index (χ2n) is 3.43. The molecule has 0 unspecified atom stereocenters. The van der Waals surface area contributed by atoms with Crippen molar-refractivity contribution >= 4 is 29.3 Å². The molecule has 2 N–H and O–H groups in total. The van der Waals surface area contributed by atoms with Gasteiger partial charge in [0.05, 0.1) is 18.0 Å². The molecule has 17 heavy (non-hydrogen) atoms. The van der Waals surface area contributed by atoms with Gasteiger partial charge in [-0.05, 0) is 18.2 Å². The Labute approximate surface area is 103 Å². The van der Waals surface area contributed by atoms with Gasteiger partial charge in [-0.2, -0.15) is 0 Å². The van der Waals surface area contributed by atoms with Crippen molar-refractivity contribution in [1.82, 2.24) is 5.32 Å². The first-order valence-corrected chi connectivity index (χ1v) is 5.97. The summed E-state index contributed by atoms with van der Waals surface area (Å²) in [6, 6.07) is 5.20. The Balaban J connectivity index is 2.21. The number of hydrogen-bond donors (Lipinski definition) is 2. The van der Waals surface area contributed by atoms with Crippen LogP contribution in [0.25, 0.3) is 0 Å². The van der Waals surface area contributed by atoms with E-state index in [0.717, 1.165) is 4.90 Å². The summed E-state index contributed by atoms with van der Waals surface area (Å²) < 4.78 is 0. The third-order valence-corrected chi connectivity index (χ3v) is 3.30. The molecule has 0 bridgehead atoms. The molecule has 0 radical (unpaired) electrons. The van der Waals surface area contributed by atoms with Crippen LogP contribution in [0.1, 0.15) is 10.4 Å². The van der Waals surface area contributed by atoms with Crippen LogP contribution in [0, 0.1) is 12.3 Å². The number of benzene rings is 1. The highest BCUT2D eigenvalue weighted by molar-refractivity contribution is 8.00. The number of carbonyl (C=O) groups is 2. The molecular weight excluding hydrogens is 236 g/mol. The average molecular weight is 246 g/mol. The zero-order valence-electron chi connectivity index (χ0n) is 8.95. The summed E-state index contributed by atoms with van der Waals surface area (Å²) >= 11 is 1.46. The van der Waals surface area contributed by atoms with Crippen molar-refractivity contribution in [3.8, 4) is 12.3 Å². The Kier molecular flexibility index (Phi) is 3.35. The van der Waals surface area contributed by atoms with Crippen LogP contribution >= 0.6 is 11.8 Å². The van der Waals surface area contributed by atoms with E-state index >= 15 is 0 Å². The Morgan fingerprint density at radius 2 is 2.41 bits per heavy atom. The summed E-state index contributed by atoms with van der Waals surface area (Å²) in [5.41, 5.74) is 1.17. The first-order chi connectivity index (χ1) is 8.20. The van der Waals surface area contributed by atoms with Gasteiger partial charge in [0, 0.05) is 10.5 Å². The Hall–Kier alpha value is -1.93. The van der Waals surface area contributed by atoms with E-state index < -0.39 is 0 Å². The van der Waals surface area contributed by atoms with E-state index in [-0.39, 0.29) is 18.4 Å². The quantitative estimate of drug-likeness (QED) is 0.768. The van der Waals surface area contributed by atoms with Crippen LogP contribution in [0.5, 0.6) is 0 Å². The maximum absolute atomic E-state index is 11.6. The maximum Gasteiger partial charge on any atom is 0.252 e. The normalized spacial score (nSPS) is 13.2. The van der Waals surface area contributed by atoms with Crippen molar-refractivity contribution in [1.29, 1.82) is 0 Å². The predicted octanol–water partition coefficient (Wildman–Crippen LogP) is 1.09. The molecule has 1 aromatic carbocycles. The molecule has 0 fully saturated rings. The van der Waals surface area contributed by atoms with Crippen molar-refractivity contribution in [3.05, 3.63) is 23.8 Å². The second kappa shape index (κ2) is 4.93. The molecule has 0 saturated carbocycles. The van der Waals surface area contributed by atoms with Gasteiger partial charge in [0.25, 0.3) is 5.91 Å². The molecule has 5 heteroatoms. The third-order valence-electron chi connectivity index (χ3n) is 2.23. The maximum atomic E-state index is 11.6. The van der Waals surface area contributed by atoms with Gasteiger partial charge < -0.3 is 10.6 Å². The van der Waals surface area contributed by atoms with Gasteiger partial charge in [0.15, 0.2) is 0 Å². The molecule has 1 aliphatic rings. The van der Waals surface area contributed by atoms with E-state index in [1.54, 1.807) is 12.1 Å². The molecule has 0 aliphatic carbocycles. The molecule has 1 aliphatic heterocycles. The van der Waals surface area contributed by atoms with Crippen LogP contribution in [-0.4, -0.2) is 24.1 Å². The molecule has 0 aromatic heterocycles. The smallest absolute Gasteiger partial charge is 0.252 e. The van der Waals surface area contributed by atoms with E-state index in [1.165, 1.54) is 11.8 Å². The van der Waals surface area contributed by atoms with Gasteiger partial charge in [-0.3, -0.25) is 9.59 Å². The van der Waals surface area contributed by atoms with Crippen LogP contribution in [-0.2, 0) is 4.79 Å². The van der Waals surface area contributed by atoms with E-state index in [4.69, 9.17) is 6.42 Å². The number of rotatable bonds is 2. The molecule has 0 saturated heterocycles. The average Bonchev–Trinajstić information content (AvgIpc) is 2.35. The fourth-order valence-electron chi connectivity index (χ4n) is 1.46. The summed E-state index contributed by atoms with van der Waals surface area (Å²) in [6.45, 7) is 0.191. The fourth-order valence-corrected chi connectivity index (χ4v) is 2.25. The lowest BCUT2D eigenvalue weighted by molar-refractivity contribution is -0.113. The Morgan fingerprint density at radius 3 is 3.18 bits per heavy atom. The summed E-state index contributed by atoms with van der Waals surface area (Å²) in [7, 11) is 0. The number of carbonyl (C=O) groups excluding carboxylic acids is 2. The highest BCUT2D eigenvalue weighted by atomic mass is 32.2. The first kappa shape index (κ1) is 11.6. The number of thioether (sulfide) groups is 1. The lowest BCUT2D eigenvalue weighted by atomic mass is 10.2. The monoisotopic (exact) mass is 246 g/mol. The molecule has 0 atom stereocenters. The van der Waals surface area contributed by atoms with Crippen LogP contribution < -0.4 is 10.6 Å². The van der Waals surface area contributed by atoms with Crippen LogP contribution in [0.4, 0.5) is 5.69 Å². The number of terminal acetylenes is 1. The largest absolute Gasteiger partial charge is 0.341 e. The van der Waals surface area contributed by atoms with Crippen molar-refractivity contribution in [2.24, 2.45) is 0 Å². The summed E-state index contributed by atoms with van der Waals surface area (Å²) in [5.74, 6) is 2.45. The predicted molar refractivity (Wildman–Crippen MR) is 67.0 cm³/mol. The SMILES string of the molecule is C#CCNC(=O)c1ccc2c(c1)NC(=O)CS2. The van der Waals surface area contributed by atoms with Crippen molar-refractivity contribution in [3.63, 3.8) is 0 Å². The Bertz CT molecular complexity index is 520. The number of nitrogens with one attached hydrogen (secondary N) is 2. The number of amides is 2. The van der Waals surface area contributed by atoms with E-state index in [2.05, 4.69) is 16.6 Å². The third kappa shape index (κ3) is 2.60. The lowest BCUT2D eigenvalue weighted by Crippen LogP contribution is -2.24. The van der Waals surface area contributed by atoms with Gasteiger partial charge in [-0.1, -0.05) is 5.92 Å². The highest BCUT2D eigenvalue weighted by Gasteiger charge is 2.16.